The van der Waals surface area contributed by atoms with Gasteiger partial charge in [0.25, 0.3) is 0 Å². The minimum Gasteiger partial charge on any atom is -0.393 e. The van der Waals surface area contributed by atoms with Crippen LogP contribution in [-0.4, -0.2) is 21.0 Å². The molecule has 1 heterocycles. The molecule has 0 aromatic carbocycles. The maximum absolute atomic E-state index is 10.1. The Hall–Kier alpha value is -0.830. The summed E-state index contributed by atoms with van der Waals surface area (Å²) >= 11 is 0. The first-order valence-corrected chi connectivity index (χ1v) is 7.53. The van der Waals surface area contributed by atoms with E-state index in [0.717, 1.165) is 24.5 Å². The number of aromatic nitrogens is 2. The molecule has 0 radical (unpaired) electrons. The van der Waals surface area contributed by atoms with E-state index in [-0.39, 0.29) is 6.10 Å². The molecule has 3 rings (SSSR count). The monoisotopic (exact) mass is 248 g/mol. The molecule has 0 amide bonds. The summed E-state index contributed by atoms with van der Waals surface area (Å²) in [5, 5.41) is 14.7. The van der Waals surface area contributed by atoms with Crippen molar-refractivity contribution < 1.29 is 5.11 Å². The number of aliphatic hydroxyl groups is 1. The van der Waals surface area contributed by atoms with Crippen molar-refractivity contribution in [1.29, 1.82) is 0 Å². The van der Waals surface area contributed by atoms with Gasteiger partial charge >= 0.3 is 0 Å². The lowest BCUT2D eigenvalue weighted by Gasteiger charge is -2.27. The highest BCUT2D eigenvalue weighted by Crippen LogP contribution is 2.31. The highest BCUT2D eigenvalue weighted by molar-refractivity contribution is 5.02. The molecule has 2 aliphatic carbocycles. The van der Waals surface area contributed by atoms with Crippen molar-refractivity contribution >= 4 is 0 Å². The Kier molecular flexibility index (Phi) is 3.69. The zero-order valence-corrected chi connectivity index (χ0v) is 11.1. The second-order valence-corrected chi connectivity index (χ2v) is 6.12. The van der Waals surface area contributed by atoms with Gasteiger partial charge in [-0.2, -0.15) is 5.10 Å². The van der Waals surface area contributed by atoms with Crippen LogP contribution in [0.15, 0.2) is 12.3 Å². The molecular weight excluding hydrogens is 224 g/mol. The smallest absolute Gasteiger partial charge is 0.0650 e. The lowest BCUT2D eigenvalue weighted by atomic mass is 9.81. The lowest BCUT2D eigenvalue weighted by Crippen LogP contribution is -2.21. The van der Waals surface area contributed by atoms with Gasteiger partial charge in [0.05, 0.1) is 17.8 Å². The fraction of sp³-hybridized carbons (Fsp3) is 0.800. The number of nitrogens with zero attached hydrogens (tertiary/aromatic N) is 2. The lowest BCUT2D eigenvalue weighted by molar-refractivity contribution is 0.116. The Bertz CT molecular complexity index is 378. The Morgan fingerprint density at radius 3 is 2.67 bits per heavy atom. The Labute approximate surface area is 109 Å². The molecule has 2 saturated carbocycles. The van der Waals surface area contributed by atoms with Gasteiger partial charge in [-0.15, -0.1) is 0 Å². The molecule has 0 saturated heterocycles. The van der Waals surface area contributed by atoms with Crippen LogP contribution in [0.2, 0.25) is 0 Å². The van der Waals surface area contributed by atoms with Crippen molar-refractivity contribution in [3.8, 4) is 0 Å². The van der Waals surface area contributed by atoms with Crippen molar-refractivity contribution in [1.82, 2.24) is 9.78 Å². The molecule has 1 N–H and O–H groups in total. The fourth-order valence-corrected chi connectivity index (χ4v) is 3.30. The summed E-state index contributed by atoms with van der Waals surface area (Å²) in [5.74, 6) is 0.775. The minimum absolute atomic E-state index is 0.192. The van der Waals surface area contributed by atoms with Gasteiger partial charge < -0.3 is 5.11 Å². The van der Waals surface area contributed by atoms with Crippen LogP contribution < -0.4 is 0 Å². The molecule has 0 bridgehead atoms. The van der Waals surface area contributed by atoms with Gasteiger partial charge in [-0.3, -0.25) is 4.68 Å². The van der Waals surface area contributed by atoms with Crippen LogP contribution in [0.3, 0.4) is 0 Å². The summed E-state index contributed by atoms with van der Waals surface area (Å²) in [6.45, 7) is 0. The van der Waals surface area contributed by atoms with Crippen molar-refractivity contribution in [2.24, 2.45) is 5.92 Å². The highest BCUT2D eigenvalue weighted by atomic mass is 16.3. The van der Waals surface area contributed by atoms with E-state index in [0.29, 0.717) is 6.04 Å². The van der Waals surface area contributed by atoms with E-state index in [1.807, 2.05) is 0 Å². The summed E-state index contributed by atoms with van der Waals surface area (Å²) < 4.78 is 2.12. The van der Waals surface area contributed by atoms with E-state index < -0.39 is 0 Å². The molecule has 0 aliphatic heterocycles. The van der Waals surface area contributed by atoms with Gasteiger partial charge in [0.2, 0.25) is 0 Å². The van der Waals surface area contributed by atoms with Crippen LogP contribution in [0.1, 0.15) is 63.1 Å². The molecule has 1 unspecified atom stereocenters. The average molecular weight is 248 g/mol. The normalized spacial score (nSPS) is 23.2. The zero-order valence-electron chi connectivity index (χ0n) is 11.1. The predicted octanol–water partition coefficient (Wildman–Crippen LogP) is 3.09. The number of rotatable bonds is 5. The molecule has 3 heteroatoms. The molecule has 100 valence electrons. The van der Waals surface area contributed by atoms with Crippen LogP contribution in [-0.2, 0) is 6.42 Å². The zero-order chi connectivity index (χ0) is 12.4. The molecule has 2 aliphatic rings. The maximum Gasteiger partial charge on any atom is 0.0650 e. The number of hydrogen-bond donors (Lipinski definition) is 1. The summed E-state index contributed by atoms with van der Waals surface area (Å²) in [6.07, 6.45) is 12.8. The van der Waals surface area contributed by atoms with Crippen LogP contribution in [0, 0.1) is 5.92 Å². The standard InChI is InChI=1S/C15H24N2O/c18-15(10-12-4-3-5-12)11-13-8-9-17(16-13)14-6-1-2-7-14/h8-9,12,14-15,18H,1-7,10-11H2. The Balaban J connectivity index is 1.52. The minimum atomic E-state index is -0.192. The Morgan fingerprint density at radius 1 is 1.22 bits per heavy atom. The number of hydrogen-bond acceptors (Lipinski definition) is 2. The molecule has 2 fully saturated rings. The van der Waals surface area contributed by atoms with Crippen molar-refractivity contribution in [3.05, 3.63) is 18.0 Å². The van der Waals surface area contributed by atoms with Crippen molar-refractivity contribution in [3.63, 3.8) is 0 Å². The van der Waals surface area contributed by atoms with Gasteiger partial charge in [0, 0.05) is 12.6 Å². The topological polar surface area (TPSA) is 38.0 Å². The third-order valence-electron chi connectivity index (χ3n) is 4.64. The molecular formula is C15H24N2O. The van der Waals surface area contributed by atoms with E-state index in [1.165, 1.54) is 44.9 Å². The van der Waals surface area contributed by atoms with Crippen LogP contribution in [0.5, 0.6) is 0 Å². The Morgan fingerprint density at radius 2 is 2.00 bits per heavy atom. The van der Waals surface area contributed by atoms with E-state index >= 15 is 0 Å². The molecule has 3 nitrogen and oxygen atoms in total. The summed E-state index contributed by atoms with van der Waals surface area (Å²) in [7, 11) is 0. The van der Waals surface area contributed by atoms with Gasteiger partial charge in [0.1, 0.15) is 0 Å². The second kappa shape index (κ2) is 5.43. The van der Waals surface area contributed by atoms with Crippen LogP contribution >= 0.6 is 0 Å². The van der Waals surface area contributed by atoms with E-state index in [4.69, 9.17) is 0 Å². The summed E-state index contributed by atoms with van der Waals surface area (Å²) in [5.41, 5.74) is 1.06. The summed E-state index contributed by atoms with van der Waals surface area (Å²) in [6, 6.07) is 2.70. The molecule has 1 aromatic rings. The molecule has 0 spiro atoms. The molecule has 1 aromatic heterocycles. The largest absolute Gasteiger partial charge is 0.393 e. The van der Waals surface area contributed by atoms with Gasteiger partial charge in [0.15, 0.2) is 0 Å². The van der Waals surface area contributed by atoms with E-state index in [9.17, 15) is 5.11 Å². The van der Waals surface area contributed by atoms with Crippen LogP contribution in [0.25, 0.3) is 0 Å². The first-order valence-electron chi connectivity index (χ1n) is 7.53. The molecule has 1 atom stereocenters. The third kappa shape index (κ3) is 2.77. The van der Waals surface area contributed by atoms with Crippen molar-refractivity contribution in [2.75, 3.05) is 0 Å². The van der Waals surface area contributed by atoms with Crippen molar-refractivity contribution in [2.45, 2.75) is 69.9 Å². The van der Waals surface area contributed by atoms with Crippen LogP contribution in [0.4, 0.5) is 0 Å². The molecule has 18 heavy (non-hydrogen) atoms. The van der Waals surface area contributed by atoms with Gasteiger partial charge in [-0.25, -0.2) is 0 Å². The summed E-state index contributed by atoms with van der Waals surface area (Å²) in [4.78, 5) is 0. The first-order chi connectivity index (χ1) is 8.81. The highest BCUT2D eigenvalue weighted by Gasteiger charge is 2.22. The van der Waals surface area contributed by atoms with Gasteiger partial charge in [-0.1, -0.05) is 32.1 Å². The fourth-order valence-electron chi connectivity index (χ4n) is 3.30. The van der Waals surface area contributed by atoms with Gasteiger partial charge in [-0.05, 0) is 31.2 Å². The predicted molar refractivity (Wildman–Crippen MR) is 71.4 cm³/mol. The van der Waals surface area contributed by atoms with E-state index in [1.54, 1.807) is 0 Å². The van der Waals surface area contributed by atoms with E-state index in [2.05, 4.69) is 22.0 Å². The quantitative estimate of drug-likeness (QED) is 0.869. The third-order valence-corrected chi connectivity index (χ3v) is 4.64. The maximum atomic E-state index is 10.1. The average Bonchev–Trinajstić information content (AvgIpc) is 2.92. The SMILES string of the molecule is OC(Cc1ccn(C2CCCC2)n1)CC1CCC1. The second-order valence-electron chi connectivity index (χ2n) is 6.12. The first kappa shape index (κ1) is 12.2. The number of aliphatic hydroxyl groups excluding tert-OH is 1.